The Morgan fingerprint density at radius 3 is 2.23 bits per heavy atom. The summed E-state index contributed by atoms with van der Waals surface area (Å²) in [6.07, 6.45) is 7.18. The molecule has 2 amide bonds. The highest BCUT2D eigenvalue weighted by molar-refractivity contribution is 5.90. The van der Waals surface area contributed by atoms with Gasteiger partial charge < -0.3 is 14.8 Å². The fraction of sp³-hybridized carbons (Fsp3) is 0.615. The fourth-order valence-electron chi connectivity index (χ4n) is 8.63. The maximum atomic E-state index is 14.7. The lowest BCUT2D eigenvalue weighted by molar-refractivity contribution is -0.142. The van der Waals surface area contributed by atoms with Crippen LogP contribution < -0.4 is 5.32 Å². The Morgan fingerprint density at radius 2 is 1.62 bits per heavy atom. The van der Waals surface area contributed by atoms with E-state index >= 15 is 0 Å². The average molecular weight is 644 g/mol. The van der Waals surface area contributed by atoms with Gasteiger partial charge in [-0.25, -0.2) is 9.37 Å². The normalized spacial score (nSPS) is 24.0. The van der Waals surface area contributed by atoms with Crippen LogP contribution in [0, 0.1) is 23.6 Å². The number of carbonyl (C=O) groups excluding carboxylic acids is 2. The number of nitrogens with one attached hydrogen (secondary N) is 1. The standard InChI is InChI=1S/C39H54FN5O2/c1-26-41-32-13-8-9-14-33(32)45(26)31-24-29-15-16-30(25-31)44(29)22-19-39(27-11-10-12-28(40)23-27)17-20-43(21-18-39)35(46)34(37(2,3)4)42-36(47)38(5,6)7/h8-14,23,29-31,34H,15-22,24-25H2,1-7H3,(H,42,47)/t29-,30+,31+,34-/m1/s1. The maximum absolute atomic E-state index is 14.7. The molecule has 0 radical (unpaired) electrons. The van der Waals surface area contributed by atoms with Crippen molar-refractivity contribution in [3.63, 3.8) is 0 Å². The van der Waals surface area contributed by atoms with Gasteiger partial charge in [0.25, 0.3) is 0 Å². The molecule has 0 spiro atoms. The summed E-state index contributed by atoms with van der Waals surface area (Å²) in [7, 11) is 0. The summed E-state index contributed by atoms with van der Waals surface area (Å²) >= 11 is 0. The summed E-state index contributed by atoms with van der Waals surface area (Å²) in [4.78, 5) is 36.5. The van der Waals surface area contributed by atoms with Crippen molar-refractivity contribution in [1.29, 1.82) is 0 Å². The third kappa shape index (κ3) is 6.72. The number of para-hydroxylation sites is 2. The minimum absolute atomic E-state index is 0.0228. The van der Waals surface area contributed by atoms with Crippen LogP contribution in [0.5, 0.6) is 0 Å². The smallest absolute Gasteiger partial charge is 0.245 e. The SMILES string of the molecule is Cc1nc2ccccc2n1[C@H]1C[C@H]2CC[C@@H](C1)N2CCC1(c2cccc(F)c2)CCN(C(=O)[C@@H](NC(=O)C(C)(C)C)C(C)(C)C)CC1. The number of amides is 2. The van der Waals surface area contributed by atoms with Gasteiger partial charge in [-0.1, -0.05) is 65.8 Å². The second kappa shape index (κ2) is 12.6. The highest BCUT2D eigenvalue weighted by atomic mass is 19.1. The fourth-order valence-corrected chi connectivity index (χ4v) is 8.63. The van der Waals surface area contributed by atoms with Gasteiger partial charge in [-0.2, -0.15) is 0 Å². The van der Waals surface area contributed by atoms with Crippen LogP contribution >= 0.6 is 0 Å². The Balaban J connectivity index is 1.17. The van der Waals surface area contributed by atoms with Gasteiger partial charge in [-0.3, -0.25) is 14.5 Å². The van der Waals surface area contributed by atoms with Crippen LogP contribution in [0.4, 0.5) is 4.39 Å². The van der Waals surface area contributed by atoms with Crippen molar-refractivity contribution in [3.8, 4) is 0 Å². The number of carbonyl (C=O) groups is 2. The van der Waals surface area contributed by atoms with Crippen molar-refractivity contribution in [2.24, 2.45) is 10.8 Å². The zero-order valence-corrected chi connectivity index (χ0v) is 29.5. The van der Waals surface area contributed by atoms with E-state index in [-0.39, 0.29) is 23.0 Å². The third-order valence-corrected chi connectivity index (χ3v) is 11.4. The van der Waals surface area contributed by atoms with E-state index in [1.54, 1.807) is 6.07 Å². The van der Waals surface area contributed by atoms with E-state index in [0.717, 1.165) is 55.6 Å². The first-order valence-corrected chi connectivity index (χ1v) is 17.7. The van der Waals surface area contributed by atoms with Crippen molar-refractivity contribution in [3.05, 3.63) is 65.7 Å². The molecule has 0 unspecified atom stereocenters. The maximum Gasteiger partial charge on any atom is 0.245 e. The van der Waals surface area contributed by atoms with Gasteiger partial charge in [0, 0.05) is 36.6 Å². The second-order valence-electron chi connectivity index (χ2n) is 16.7. The summed E-state index contributed by atoms with van der Waals surface area (Å²) in [5.41, 5.74) is 2.13. The van der Waals surface area contributed by atoms with E-state index in [0.29, 0.717) is 31.2 Å². The highest BCUT2D eigenvalue weighted by Gasteiger charge is 2.45. The van der Waals surface area contributed by atoms with Crippen LogP contribution in [0.1, 0.15) is 104 Å². The van der Waals surface area contributed by atoms with Gasteiger partial charge in [0.15, 0.2) is 0 Å². The minimum atomic E-state index is -0.607. The molecule has 3 aliphatic heterocycles. The van der Waals surface area contributed by atoms with Crippen molar-refractivity contribution in [2.75, 3.05) is 19.6 Å². The third-order valence-electron chi connectivity index (χ3n) is 11.4. The van der Waals surface area contributed by atoms with Crippen LogP contribution in [0.25, 0.3) is 11.0 Å². The summed E-state index contributed by atoms with van der Waals surface area (Å²) < 4.78 is 17.2. The molecule has 6 rings (SSSR count). The van der Waals surface area contributed by atoms with Gasteiger partial charge in [-0.15, -0.1) is 0 Å². The molecular formula is C39H54FN5O2. The predicted molar refractivity (Wildman–Crippen MR) is 186 cm³/mol. The first-order chi connectivity index (χ1) is 22.2. The first kappa shape index (κ1) is 33.6. The number of hydrogen-bond donors (Lipinski definition) is 1. The Hall–Kier alpha value is -3.26. The molecule has 254 valence electrons. The van der Waals surface area contributed by atoms with Gasteiger partial charge in [-0.05, 0) is 99.1 Å². The average Bonchev–Trinajstić information content (AvgIpc) is 3.47. The summed E-state index contributed by atoms with van der Waals surface area (Å²) in [5.74, 6) is 0.751. The van der Waals surface area contributed by atoms with Crippen LogP contribution in [0.3, 0.4) is 0 Å². The van der Waals surface area contributed by atoms with Crippen molar-refractivity contribution in [2.45, 2.75) is 123 Å². The van der Waals surface area contributed by atoms with Crippen molar-refractivity contribution in [1.82, 2.24) is 24.7 Å². The van der Waals surface area contributed by atoms with Gasteiger partial charge in [0.2, 0.25) is 11.8 Å². The van der Waals surface area contributed by atoms with E-state index < -0.39 is 16.9 Å². The largest absolute Gasteiger partial charge is 0.343 e. The Labute approximate surface area is 280 Å². The highest BCUT2D eigenvalue weighted by Crippen LogP contribution is 2.45. The number of aryl methyl sites for hydroxylation is 1. The van der Waals surface area contributed by atoms with Gasteiger partial charge in [0.05, 0.1) is 11.0 Å². The number of rotatable bonds is 7. The zero-order valence-electron chi connectivity index (χ0n) is 29.5. The van der Waals surface area contributed by atoms with Crippen LogP contribution in [0.15, 0.2) is 48.5 Å². The lowest BCUT2D eigenvalue weighted by atomic mass is 9.70. The molecule has 8 heteroatoms. The van der Waals surface area contributed by atoms with E-state index in [1.807, 2.05) is 52.5 Å². The molecule has 47 heavy (non-hydrogen) atoms. The lowest BCUT2D eigenvalue weighted by Crippen LogP contribution is -2.58. The topological polar surface area (TPSA) is 70.5 Å². The summed E-state index contributed by atoms with van der Waals surface area (Å²) in [6.45, 7) is 15.9. The van der Waals surface area contributed by atoms with Crippen molar-refractivity contribution >= 4 is 22.8 Å². The number of halogens is 1. The van der Waals surface area contributed by atoms with Crippen molar-refractivity contribution < 1.29 is 14.0 Å². The molecule has 2 bridgehead atoms. The molecule has 1 N–H and O–H groups in total. The van der Waals surface area contributed by atoms with E-state index in [4.69, 9.17) is 4.98 Å². The van der Waals surface area contributed by atoms with E-state index in [1.165, 1.54) is 24.4 Å². The number of hydrogen-bond acceptors (Lipinski definition) is 4. The molecule has 1 aromatic heterocycles. The quantitative estimate of drug-likeness (QED) is 0.296. The Morgan fingerprint density at radius 1 is 0.957 bits per heavy atom. The molecule has 3 saturated heterocycles. The monoisotopic (exact) mass is 643 g/mol. The molecule has 0 saturated carbocycles. The number of aromatic nitrogens is 2. The Kier molecular flexibility index (Phi) is 9.05. The predicted octanol–water partition coefficient (Wildman–Crippen LogP) is 7.18. The van der Waals surface area contributed by atoms with Crippen LogP contribution in [-0.4, -0.2) is 68.9 Å². The summed E-state index contributed by atoms with van der Waals surface area (Å²) in [5, 5.41) is 3.07. The molecule has 3 aliphatic rings. The molecule has 4 heterocycles. The van der Waals surface area contributed by atoms with E-state index in [9.17, 15) is 14.0 Å². The van der Waals surface area contributed by atoms with Crippen LogP contribution in [-0.2, 0) is 15.0 Å². The minimum Gasteiger partial charge on any atom is -0.343 e. The molecule has 7 nitrogen and oxygen atoms in total. The van der Waals surface area contributed by atoms with Gasteiger partial charge in [0.1, 0.15) is 17.7 Å². The molecule has 3 fully saturated rings. The number of likely N-dealkylation sites (tertiary alicyclic amines) is 1. The second-order valence-corrected chi connectivity index (χ2v) is 16.7. The lowest BCUT2D eigenvalue weighted by Gasteiger charge is -2.46. The Bertz CT molecular complexity index is 1600. The molecule has 2 aromatic carbocycles. The number of fused-ring (bicyclic) bond motifs is 3. The zero-order chi connectivity index (χ0) is 33.7. The number of benzene rings is 2. The van der Waals surface area contributed by atoms with Crippen LogP contribution in [0.2, 0.25) is 0 Å². The molecule has 3 aromatic rings. The molecule has 0 aliphatic carbocycles. The number of nitrogens with zero attached hydrogens (tertiary/aromatic N) is 4. The molecule has 4 atom stereocenters. The van der Waals surface area contributed by atoms with Gasteiger partial charge >= 0.3 is 0 Å². The summed E-state index contributed by atoms with van der Waals surface area (Å²) in [6, 6.07) is 16.5. The number of imidazole rings is 1. The first-order valence-electron chi connectivity index (χ1n) is 17.7. The molecular weight excluding hydrogens is 589 g/mol. The van der Waals surface area contributed by atoms with E-state index in [2.05, 4.69) is 52.0 Å². The number of piperidine rings is 2.